The van der Waals surface area contributed by atoms with Gasteiger partial charge in [0.15, 0.2) is 0 Å². The molecule has 0 spiro atoms. The van der Waals surface area contributed by atoms with Crippen molar-refractivity contribution in [2.75, 3.05) is 7.11 Å². The standard InChI is InChI=1S/C46H68N8O11/c1-21-13-39(21,48-31(57)41(15-23(41)3)50-33(59)43(17-25(43)5)52-35(61)45(19-27(45)7)54-37(63)65-38(9,10)11)29(55)47-40(14-22(40)2)30(56)49-42(16-24(42)4)32(58)51-44(18-26(44)6)34(60)53-46(20-28(46)8)36(62)64-12/h21-28H,13-20H2,1-12H3,(H,47,55)(H,48,57)(H,49,56)(H,50,59)(H,51,58)(H,52,61)(H,53,60)(H,54,63)/t21-,22-,23-,24-,25-,26-,27-,28-,39+,40+,41+,42+,43+,44+,45+,46+/m1/s1. The van der Waals surface area contributed by atoms with Gasteiger partial charge >= 0.3 is 12.1 Å². The van der Waals surface area contributed by atoms with E-state index >= 15 is 0 Å². The number of rotatable bonds is 16. The molecular weight excluding hydrogens is 841 g/mol. The fraction of sp³-hybridized carbons (Fsp3) is 0.804. The highest BCUT2D eigenvalue weighted by atomic mass is 16.6. The molecule has 8 saturated carbocycles. The molecule has 0 aromatic carbocycles. The van der Waals surface area contributed by atoms with E-state index in [-0.39, 0.29) is 47.3 Å². The summed E-state index contributed by atoms with van der Waals surface area (Å²) < 4.78 is 10.3. The Bertz CT molecular complexity index is 2200. The normalized spacial score (nSPS) is 45.2. The van der Waals surface area contributed by atoms with Crippen LogP contribution in [0.2, 0.25) is 0 Å². The molecule has 8 fully saturated rings. The molecule has 0 aromatic heterocycles. The minimum Gasteiger partial charge on any atom is -0.467 e. The summed E-state index contributed by atoms with van der Waals surface area (Å²) in [6.07, 6.45) is 1.94. The molecule has 19 heteroatoms. The highest BCUT2D eigenvalue weighted by molar-refractivity contribution is 6.07. The second-order valence-corrected chi connectivity index (χ2v) is 22.9. The fourth-order valence-corrected chi connectivity index (χ4v) is 10.6. The van der Waals surface area contributed by atoms with E-state index < -0.39 is 103 Å². The molecule has 8 N–H and O–H groups in total. The Morgan fingerprint density at radius 2 is 0.523 bits per heavy atom. The molecule has 0 saturated heterocycles. The van der Waals surface area contributed by atoms with Crippen LogP contribution in [0.25, 0.3) is 0 Å². The van der Waals surface area contributed by atoms with E-state index in [4.69, 9.17) is 9.47 Å². The number of alkyl carbamates (subject to hydrolysis) is 1. The minimum absolute atomic E-state index is 0.126. The second kappa shape index (κ2) is 14.3. The molecule has 0 bridgehead atoms. The summed E-state index contributed by atoms with van der Waals surface area (Å²) >= 11 is 0. The van der Waals surface area contributed by atoms with E-state index in [1.807, 2.05) is 55.4 Å². The first-order valence-corrected chi connectivity index (χ1v) is 23.4. The Morgan fingerprint density at radius 3 is 0.677 bits per heavy atom. The Labute approximate surface area is 379 Å². The smallest absolute Gasteiger partial charge is 0.408 e. The van der Waals surface area contributed by atoms with Crippen molar-refractivity contribution in [1.29, 1.82) is 0 Å². The quantitative estimate of drug-likeness (QED) is 0.100. The third-order valence-corrected chi connectivity index (χ3v) is 16.9. The van der Waals surface area contributed by atoms with Gasteiger partial charge < -0.3 is 52.0 Å². The van der Waals surface area contributed by atoms with E-state index in [0.29, 0.717) is 51.4 Å². The zero-order valence-corrected chi connectivity index (χ0v) is 39.8. The first-order valence-electron chi connectivity index (χ1n) is 23.4. The molecule has 0 aliphatic heterocycles. The molecule has 65 heavy (non-hydrogen) atoms. The van der Waals surface area contributed by atoms with E-state index in [9.17, 15) is 43.2 Å². The molecule has 8 aliphatic carbocycles. The van der Waals surface area contributed by atoms with Gasteiger partial charge in [-0.2, -0.15) is 0 Å². The molecule has 0 unspecified atom stereocenters. The number of methoxy groups -OCH3 is 1. The van der Waals surface area contributed by atoms with Gasteiger partial charge in [0, 0.05) is 0 Å². The molecule has 0 aromatic rings. The Hall–Kier alpha value is -4.97. The van der Waals surface area contributed by atoms with Crippen LogP contribution in [0.1, 0.15) is 128 Å². The number of carbonyl (C=O) groups is 9. The number of hydrogen-bond donors (Lipinski definition) is 8. The van der Waals surface area contributed by atoms with Crippen LogP contribution in [0.4, 0.5) is 4.79 Å². The summed E-state index contributed by atoms with van der Waals surface area (Å²) in [5.74, 6) is -6.15. The number of esters is 1. The third-order valence-electron chi connectivity index (χ3n) is 16.9. The summed E-state index contributed by atoms with van der Waals surface area (Å²) in [6.45, 7) is 19.7. The first-order chi connectivity index (χ1) is 30.0. The highest BCUT2D eigenvalue weighted by Crippen LogP contribution is 2.54. The minimum atomic E-state index is -1.36. The average Bonchev–Trinajstić information content (AvgIpc) is 3.91. The van der Waals surface area contributed by atoms with Crippen molar-refractivity contribution in [3.63, 3.8) is 0 Å². The lowest BCUT2D eigenvalue weighted by Crippen LogP contribution is -2.65. The van der Waals surface area contributed by atoms with Crippen molar-refractivity contribution in [3.05, 3.63) is 0 Å². The lowest BCUT2D eigenvalue weighted by molar-refractivity contribution is -0.147. The fourth-order valence-electron chi connectivity index (χ4n) is 10.6. The van der Waals surface area contributed by atoms with Gasteiger partial charge in [-0.25, -0.2) is 9.59 Å². The van der Waals surface area contributed by atoms with Crippen molar-refractivity contribution < 1.29 is 52.6 Å². The van der Waals surface area contributed by atoms with Crippen LogP contribution in [0.5, 0.6) is 0 Å². The van der Waals surface area contributed by atoms with Gasteiger partial charge in [-0.3, -0.25) is 33.6 Å². The molecule has 16 atom stereocenters. The highest BCUT2D eigenvalue weighted by Gasteiger charge is 2.72. The molecule has 8 amide bonds. The third kappa shape index (κ3) is 7.31. The number of ether oxygens (including phenoxy) is 2. The monoisotopic (exact) mass is 909 g/mol. The molecule has 0 radical (unpaired) electrons. The molecule has 8 rings (SSSR count). The number of carbonyl (C=O) groups excluding carboxylic acids is 9. The molecule has 358 valence electrons. The van der Waals surface area contributed by atoms with Crippen LogP contribution in [0.3, 0.4) is 0 Å². The SMILES string of the molecule is COC(=O)[C@]1(NC(=O)[C@]2(NC(=O)[C@]3(NC(=O)[C@]4(NC(=O)[C@]5(NC(=O)[C@]6(NC(=O)[C@]7(NC(=O)[C@]8(NC(=O)OC(C)(C)C)C[C@H]8C)C[C@H]7C)C[C@H]6C)C[C@H]5C)C[C@H]4C)C[C@H]3C)C[C@H]2C)C[C@H]1C. The van der Waals surface area contributed by atoms with Crippen molar-refractivity contribution in [2.24, 2.45) is 47.3 Å². The van der Waals surface area contributed by atoms with Crippen molar-refractivity contribution in [1.82, 2.24) is 42.5 Å². The van der Waals surface area contributed by atoms with Gasteiger partial charge in [0.05, 0.1) is 7.11 Å². The van der Waals surface area contributed by atoms with E-state index in [1.165, 1.54) is 7.11 Å². The lowest BCUT2D eigenvalue weighted by atomic mass is 10.0. The van der Waals surface area contributed by atoms with Crippen LogP contribution >= 0.6 is 0 Å². The van der Waals surface area contributed by atoms with Crippen LogP contribution in [-0.4, -0.2) is 110 Å². The molecule has 8 aliphatic rings. The Kier molecular flexibility index (Phi) is 10.2. The van der Waals surface area contributed by atoms with Crippen molar-refractivity contribution >= 4 is 53.4 Å². The van der Waals surface area contributed by atoms with Gasteiger partial charge in [0.2, 0.25) is 41.4 Å². The summed E-state index contributed by atoms with van der Waals surface area (Å²) in [6, 6.07) is 0. The topological polar surface area (TPSA) is 268 Å². The van der Waals surface area contributed by atoms with E-state index in [2.05, 4.69) is 42.5 Å². The summed E-state index contributed by atoms with van der Waals surface area (Å²) in [5, 5.41) is 23.2. The number of hydrogen-bond acceptors (Lipinski definition) is 11. The maximum absolute atomic E-state index is 14.3. The zero-order chi connectivity index (χ0) is 48.0. The second-order valence-electron chi connectivity index (χ2n) is 22.9. The van der Waals surface area contributed by atoms with Gasteiger partial charge in [0.1, 0.15) is 49.9 Å². The molecule has 0 heterocycles. The number of amides is 8. The molecular formula is C46H68N8O11. The van der Waals surface area contributed by atoms with Crippen LogP contribution < -0.4 is 42.5 Å². The Morgan fingerprint density at radius 1 is 0.354 bits per heavy atom. The van der Waals surface area contributed by atoms with Crippen LogP contribution in [0.15, 0.2) is 0 Å². The predicted molar refractivity (Wildman–Crippen MR) is 230 cm³/mol. The van der Waals surface area contributed by atoms with Crippen LogP contribution in [-0.2, 0) is 47.8 Å². The predicted octanol–water partition coefficient (Wildman–Crippen LogP) is 0.726. The van der Waals surface area contributed by atoms with E-state index in [1.54, 1.807) is 20.8 Å². The van der Waals surface area contributed by atoms with Gasteiger partial charge in [0.25, 0.3) is 0 Å². The van der Waals surface area contributed by atoms with Gasteiger partial charge in [-0.05, 0) is 119 Å². The van der Waals surface area contributed by atoms with Crippen LogP contribution in [0, 0.1) is 47.3 Å². The van der Waals surface area contributed by atoms with Gasteiger partial charge in [-0.15, -0.1) is 0 Å². The zero-order valence-electron chi connectivity index (χ0n) is 39.8. The van der Waals surface area contributed by atoms with Crippen molar-refractivity contribution in [2.45, 2.75) is 177 Å². The maximum atomic E-state index is 14.3. The summed E-state index contributed by atoms with van der Waals surface area (Å²) in [7, 11) is 1.26. The Balaban J connectivity index is 0.898. The number of nitrogens with one attached hydrogen (secondary N) is 8. The largest absolute Gasteiger partial charge is 0.467 e. The summed E-state index contributed by atoms with van der Waals surface area (Å²) in [5.41, 5.74) is -11.1. The average molecular weight is 909 g/mol. The lowest BCUT2D eigenvalue weighted by Gasteiger charge is -2.30. The van der Waals surface area contributed by atoms with Gasteiger partial charge in [-0.1, -0.05) is 55.4 Å². The molecule has 19 nitrogen and oxygen atoms in total. The van der Waals surface area contributed by atoms with Crippen molar-refractivity contribution in [3.8, 4) is 0 Å². The first kappa shape index (κ1) is 46.6. The summed E-state index contributed by atoms with van der Waals surface area (Å²) in [4.78, 5) is 124. The van der Waals surface area contributed by atoms with E-state index in [0.717, 1.165) is 0 Å². The maximum Gasteiger partial charge on any atom is 0.408 e.